The average Bonchev–Trinajstić information content (AvgIpc) is 2.86. The molecule has 0 radical (unpaired) electrons. The molecule has 0 fully saturated rings. The molecule has 7 nitrogen and oxygen atoms in total. The number of anilines is 2. The Balaban J connectivity index is 2.06. The quantitative estimate of drug-likeness (QED) is 0.767. The van der Waals surface area contributed by atoms with Crippen LogP contribution in [0.5, 0.6) is 0 Å². The molecule has 0 saturated carbocycles. The van der Waals surface area contributed by atoms with E-state index >= 15 is 0 Å². The van der Waals surface area contributed by atoms with Crippen molar-refractivity contribution in [1.82, 2.24) is 9.78 Å². The number of aryl methyl sites for hydroxylation is 2. The average molecular weight is 356 g/mol. The van der Waals surface area contributed by atoms with Crippen LogP contribution in [0.3, 0.4) is 0 Å². The summed E-state index contributed by atoms with van der Waals surface area (Å²) >= 11 is 0. The fraction of sp³-hybridized carbons (Fsp3) is 0.267. The van der Waals surface area contributed by atoms with Crippen molar-refractivity contribution in [2.24, 2.45) is 7.05 Å². The fourth-order valence-electron chi connectivity index (χ4n) is 2.13. The van der Waals surface area contributed by atoms with Gasteiger partial charge in [0.2, 0.25) is 0 Å². The maximum Gasteiger partial charge on any atom is 0.437 e. The normalized spacial score (nSPS) is 11.2. The number of hydrogen-bond acceptors (Lipinski definition) is 3. The van der Waals surface area contributed by atoms with E-state index in [4.69, 9.17) is 5.11 Å². The van der Waals surface area contributed by atoms with Crippen molar-refractivity contribution in [2.45, 2.75) is 19.0 Å². The lowest BCUT2D eigenvalue weighted by Crippen LogP contribution is -2.21. The number of alkyl halides is 3. The van der Waals surface area contributed by atoms with Crippen LogP contribution in [0.1, 0.15) is 17.7 Å². The number of urea groups is 1. The summed E-state index contributed by atoms with van der Waals surface area (Å²) in [6.45, 7) is 0. The number of nitrogens with zero attached hydrogens (tertiary/aromatic N) is 2. The second-order valence-corrected chi connectivity index (χ2v) is 5.24. The minimum Gasteiger partial charge on any atom is -0.481 e. The van der Waals surface area contributed by atoms with Gasteiger partial charge in [-0.2, -0.15) is 18.3 Å². The molecule has 0 atom stereocenters. The van der Waals surface area contributed by atoms with E-state index in [2.05, 4.69) is 15.7 Å². The largest absolute Gasteiger partial charge is 0.481 e. The number of amides is 2. The predicted molar refractivity (Wildman–Crippen MR) is 83.3 cm³/mol. The van der Waals surface area contributed by atoms with E-state index in [0.717, 1.165) is 10.9 Å². The summed E-state index contributed by atoms with van der Waals surface area (Å²) in [5, 5.41) is 16.5. The van der Waals surface area contributed by atoms with Crippen molar-refractivity contribution in [3.8, 4) is 0 Å². The predicted octanol–water partition coefficient (Wildman–Crippen LogP) is 3.10. The number of carbonyl (C=O) groups excluding carboxylic acids is 1. The Labute approximate surface area is 140 Å². The fourth-order valence-corrected chi connectivity index (χ4v) is 2.13. The first-order chi connectivity index (χ1) is 11.6. The number of aliphatic carboxylic acids is 1. The lowest BCUT2D eigenvalue weighted by Gasteiger charge is -2.10. The Morgan fingerprint density at radius 3 is 2.64 bits per heavy atom. The minimum absolute atomic E-state index is 0.0692. The third kappa shape index (κ3) is 5.23. The van der Waals surface area contributed by atoms with Crippen LogP contribution in [0.2, 0.25) is 0 Å². The van der Waals surface area contributed by atoms with Crippen molar-refractivity contribution in [3.63, 3.8) is 0 Å². The minimum atomic E-state index is -4.69. The molecule has 1 aromatic heterocycles. The van der Waals surface area contributed by atoms with Gasteiger partial charge in [0, 0.05) is 25.4 Å². The molecule has 134 valence electrons. The molecule has 0 aliphatic carbocycles. The van der Waals surface area contributed by atoms with E-state index in [1.54, 1.807) is 18.2 Å². The molecule has 2 rings (SSSR count). The SMILES string of the molecule is Cn1cc(NC(=O)Nc2cccc(CCC(=O)O)c2)c(C(F)(F)F)n1. The number of rotatable bonds is 5. The highest BCUT2D eigenvalue weighted by atomic mass is 19.4. The lowest BCUT2D eigenvalue weighted by atomic mass is 10.1. The highest BCUT2D eigenvalue weighted by Crippen LogP contribution is 2.33. The van der Waals surface area contributed by atoms with Crippen molar-refractivity contribution in [2.75, 3.05) is 10.6 Å². The molecular formula is C15H15F3N4O3. The Kier molecular flexibility index (Phi) is 5.30. The molecule has 3 N–H and O–H groups in total. The molecule has 2 aromatic rings. The number of nitrogens with one attached hydrogen (secondary N) is 2. The van der Waals surface area contributed by atoms with Crippen molar-refractivity contribution < 1.29 is 27.9 Å². The number of aromatic nitrogens is 2. The Morgan fingerprint density at radius 1 is 1.28 bits per heavy atom. The summed E-state index contributed by atoms with van der Waals surface area (Å²) in [5.74, 6) is -0.952. The summed E-state index contributed by atoms with van der Waals surface area (Å²) in [5.41, 5.74) is -0.648. The van der Waals surface area contributed by atoms with Gasteiger partial charge in [0.15, 0.2) is 5.69 Å². The van der Waals surface area contributed by atoms with Gasteiger partial charge >= 0.3 is 18.2 Å². The van der Waals surface area contributed by atoms with Crippen LogP contribution < -0.4 is 10.6 Å². The number of hydrogen-bond donors (Lipinski definition) is 3. The first-order valence-corrected chi connectivity index (χ1v) is 7.14. The zero-order valence-electron chi connectivity index (χ0n) is 13.1. The first kappa shape index (κ1) is 18.3. The number of carboxylic acids is 1. The molecule has 0 aliphatic rings. The van der Waals surface area contributed by atoms with E-state index in [-0.39, 0.29) is 12.8 Å². The van der Waals surface area contributed by atoms with Gasteiger partial charge in [-0.3, -0.25) is 9.48 Å². The number of carbonyl (C=O) groups is 2. The Hall–Kier alpha value is -3.04. The summed E-state index contributed by atoms with van der Waals surface area (Å²) in [6, 6.07) is 5.52. The molecule has 0 bridgehead atoms. The van der Waals surface area contributed by atoms with Crippen LogP contribution >= 0.6 is 0 Å². The molecule has 1 aromatic carbocycles. The number of benzene rings is 1. The van der Waals surface area contributed by atoms with Crippen LogP contribution in [0, 0.1) is 0 Å². The topological polar surface area (TPSA) is 96.2 Å². The highest BCUT2D eigenvalue weighted by molar-refractivity contribution is 6.00. The van der Waals surface area contributed by atoms with Crippen molar-refractivity contribution in [1.29, 1.82) is 0 Å². The van der Waals surface area contributed by atoms with E-state index in [0.29, 0.717) is 11.3 Å². The molecule has 25 heavy (non-hydrogen) atoms. The number of carboxylic acid groups (broad SMARTS) is 1. The zero-order valence-corrected chi connectivity index (χ0v) is 13.1. The summed E-state index contributed by atoms with van der Waals surface area (Å²) in [4.78, 5) is 22.5. The number of halogens is 3. The van der Waals surface area contributed by atoms with Crippen molar-refractivity contribution in [3.05, 3.63) is 41.7 Å². The van der Waals surface area contributed by atoms with Crippen LogP contribution in [0.4, 0.5) is 29.3 Å². The van der Waals surface area contributed by atoms with Crippen LogP contribution in [0.15, 0.2) is 30.5 Å². The Bertz CT molecular complexity index is 787. The summed E-state index contributed by atoms with van der Waals surface area (Å²) in [6.07, 6.45) is -3.44. The maximum absolute atomic E-state index is 12.8. The summed E-state index contributed by atoms with van der Waals surface area (Å²) in [7, 11) is 1.31. The van der Waals surface area contributed by atoms with Crippen LogP contribution in [0.25, 0.3) is 0 Å². The monoisotopic (exact) mass is 356 g/mol. The summed E-state index contributed by atoms with van der Waals surface area (Å²) < 4.78 is 39.5. The second kappa shape index (κ2) is 7.24. The molecule has 1 heterocycles. The molecule has 2 amide bonds. The highest BCUT2D eigenvalue weighted by Gasteiger charge is 2.37. The first-order valence-electron chi connectivity index (χ1n) is 7.14. The van der Waals surface area contributed by atoms with Gasteiger partial charge in [-0.15, -0.1) is 0 Å². The van der Waals surface area contributed by atoms with Gasteiger partial charge in [0.1, 0.15) is 0 Å². The van der Waals surface area contributed by atoms with Crippen molar-refractivity contribution >= 4 is 23.4 Å². The Morgan fingerprint density at radius 2 is 2.00 bits per heavy atom. The molecule has 0 aliphatic heterocycles. The standard InChI is InChI=1S/C15H15F3N4O3/c1-22-8-11(13(21-22)15(16,17)18)20-14(25)19-10-4-2-3-9(7-10)5-6-12(23)24/h2-4,7-8H,5-6H2,1H3,(H,23,24)(H2,19,20,25). The maximum atomic E-state index is 12.8. The van der Waals surface area contributed by atoms with Gasteiger partial charge in [0.05, 0.1) is 5.69 Å². The third-order valence-electron chi connectivity index (χ3n) is 3.16. The van der Waals surface area contributed by atoms with Gasteiger partial charge in [-0.25, -0.2) is 4.79 Å². The van der Waals surface area contributed by atoms with Crippen LogP contribution in [-0.2, 0) is 24.4 Å². The van der Waals surface area contributed by atoms with Crippen LogP contribution in [-0.4, -0.2) is 26.9 Å². The van der Waals surface area contributed by atoms with Gasteiger partial charge in [-0.1, -0.05) is 12.1 Å². The molecule has 0 saturated heterocycles. The lowest BCUT2D eigenvalue weighted by molar-refractivity contribution is -0.141. The smallest absolute Gasteiger partial charge is 0.437 e. The second-order valence-electron chi connectivity index (χ2n) is 5.24. The van der Waals surface area contributed by atoms with E-state index in [1.165, 1.54) is 13.1 Å². The third-order valence-corrected chi connectivity index (χ3v) is 3.16. The van der Waals surface area contributed by atoms with Gasteiger partial charge in [0.25, 0.3) is 0 Å². The van der Waals surface area contributed by atoms with Gasteiger partial charge in [-0.05, 0) is 24.1 Å². The van der Waals surface area contributed by atoms with E-state index < -0.39 is 29.6 Å². The van der Waals surface area contributed by atoms with E-state index in [9.17, 15) is 22.8 Å². The zero-order chi connectivity index (χ0) is 18.6. The van der Waals surface area contributed by atoms with Gasteiger partial charge < -0.3 is 15.7 Å². The molecular weight excluding hydrogens is 341 g/mol. The molecule has 10 heteroatoms. The molecule has 0 unspecified atom stereocenters. The molecule has 0 spiro atoms. The van der Waals surface area contributed by atoms with E-state index in [1.807, 2.05) is 0 Å².